The van der Waals surface area contributed by atoms with Crippen LogP contribution in [0.15, 0.2) is 54.6 Å². The number of nitrogens with two attached hydrogens (primary N) is 1. The molecule has 0 saturated heterocycles. The van der Waals surface area contributed by atoms with E-state index < -0.39 is 11.9 Å². The molecule has 2 aromatic carbocycles. The standard InChI is InChI=1S/C14H13ClN2O/c15-11-6-4-5-10(9-11)13(14(16)18)17-12-7-2-1-3-8-12/h1-9,13,17H,(H2,16,18). The predicted octanol–water partition coefficient (Wildman–Crippen LogP) is 2.98. The van der Waals surface area contributed by atoms with Gasteiger partial charge in [-0.1, -0.05) is 41.9 Å². The largest absolute Gasteiger partial charge is 0.370 e. The van der Waals surface area contributed by atoms with Crippen LogP contribution in [0.4, 0.5) is 5.69 Å². The fourth-order valence-electron chi connectivity index (χ4n) is 1.71. The van der Waals surface area contributed by atoms with E-state index in [1.807, 2.05) is 36.4 Å². The van der Waals surface area contributed by atoms with Crippen molar-refractivity contribution in [3.8, 4) is 0 Å². The second kappa shape index (κ2) is 5.56. The molecular formula is C14H13ClN2O. The monoisotopic (exact) mass is 260 g/mol. The third-order valence-electron chi connectivity index (χ3n) is 2.55. The van der Waals surface area contributed by atoms with Crippen LogP contribution in [-0.2, 0) is 4.79 Å². The number of amides is 1. The molecule has 0 spiro atoms. The molecule has 2 rings (SSSR count). The fourth-order valence-corrected chi connectivity index (χ4v) is 1.90. The van der Waals surface area contributed by atoms with Crippen molar-refractivity contribution >= 4 is 23.2 Å². The summed E-state index contributed by atoms with van der Waals surface area (Å²) >= 11 is 5.92. The van der Waals surface area contributed by atoms with E-state index in [0.29, 0.717) is 5.02 Å². The van der Waals surface area contributed by atoms with Gasteiger partial charge in [0, 0.05) is 10.7 Å². The maximum atomic E-state index is 11.5. The molecule has 0 heterocycles. The Morgan fingerprint density at radius 1 is 1.11 bits per heavy atom. The van der Waals surface area contributed by atoms with E-state index in [0.717, 1.165) is 11.3 Å². The van der Waals surface area contributed by atoms with Crippen molar-refractivity contribution in [3.05, 3.63) is 65.2 Å². The summed E-state index contributed by atoms with van der Waals surface area (Å²) in [7, 11) is 0. The van der Waals surface area contributed by atoms with E-state index in [9.17, 15) is 4.79 Å². The molecule has 0 radical (unpaired) electrons. The molecule has 0 aliphatic carbocycles. The Labute approximate surface area is 111 Å². The first kappa shape index (κ1) is 12.5. The van der Waals surface area contributed by atoms with Crippen molar-refractivity contribution in [3.63, 3.8) is 0 Å². The van der Waals surface area contributed by atoms with Crippen LogP contribution in [0.1, 0.15) is 11.6 Å². The van der Waals surface area contributed by atoms with Gasteiger partial charge in [0.15, 0.2) is 0 Å². The topological polar surface area (TPSA) is 55.1 Å². The molecule has 1 amide bonds. The number of para-hydroxylation sites is 1. The normalized spacial score (nSPS) is 11.8. The van der Waals surface area contributed by atoms with Gasteiger partial charge in [0.25, 0.3) is 0 Å². The van der Waals surface area contributed by atoms with Gasteiger partial charge in [0.1, 0.15) is 6.04 Å². The van der Waals surface area contributed by atoms with Crippen LogP contribution in [-0.4, -0.2) is 5.91 Å². The van der Waals surface area contributed by atoms with Gasteiger partial charge in [-0.15, -0.1) is 0 Å². The summed E-state index contributed by atoms with van der Waals surface area (Å²) in [5.74, 6) is -0.443. The van der Waals surface area contributed by atoms with E-state index in [2.05, 4.69) is 5.32 Å². The highest BCUT2D eigenvalue weighted by Gasteiger charge is 2.17. The van der Waals surface area contributed by atoms with E-state index in [-0.39, 0.29) is 0 Å². The Balaban J connectivity index is 2.27. The summed E-state index contributed by atoms with van der Waals surface area (Å²) in [6.07, 6.45) is 0. The Morgan fingerprint density at radius 2 is 1.83 bits per heavy atom. The zero-order valence-electron chi connectivity index (χ0n) is 9.64. The molecule has 0 bridgehead atoms. The minimum atomic E-state index is -0.592. The second-order valence-electron chi connectivity index (χ2n) is 3.90. The molecule has 0 saturated carbocycles. The molecule has 2 aromatic rings. The van der Waals surface area contributed by atoms with Crippen LogP contribution in [0.2, 0.25) is 5.02 Å². The minimum Gasteiger partial charge on any atom is -0.370 e. The summed E-state index contributed by atoms with van der Waals surface area (Å²) in [6, 6.07) is 15.9. The lowest BCUT2D eigenvalue weighted by atomic mass is 10.1. The van der Waals surface area contributed by atoms with Gasteiger partial charge in [0.05, 0.1) is 0 Å². The van der Waals surface area contributed by atoms with Crippen molar-refractivity contribution in [2.24, 2.45) is 5.73 Å². The Hall–Kier alpha value is -2.00. The number of rotatable bonds is 4. The highest BCUT2D eigenvalue weighted by Crippen LogP contribution is 2.21. The summed E-state index contributed by atoms with van der Waals surface area (Å²) in [5, 5.41) is 3.67. The van der Waals surface area contributed by atoms with Gasteiger partial charge < -0.3 is 11.1 Å². The van der Waals surface area contributed by atoms with Crippen molar-refractivity contribution in [2.75, 3.05) is 5.32 Å². The van der Waals surface area contributed by atoms with Crippen molar-refractivity contribution in [1.82, 2.24) is 0 Å². The van der Waals surface area contributed by atoms with Gasteiger partial charge >= 0.3 is 0 Å². The Bertz CT molecular complexity index is 543. The SMILES string of the molecule is NC(=O)C(Nc1ccccc1)c1cccc(Cl)c1. The second-order valence-corrected chi connectivity index (χ2v) is 4.34. The molecule has 3 nitrogen and oxygen atoms in total. The van der Waals surface area contributed by atoms with E-state index in [1.165, 1.54) is 0 Å². The average molecular weight is 261 g/mol. The maximum absolute atomic E-state index is 11.5. The smallest absolute Gasteiger partial charge is 0.244 e. The molecule has 0 aliphatic heterocycles. The molecule has 0 fully saturated rings. The number of halogens is 1. The van der Waals surface area contributed by atoms with E-state index in [1.54, 1.807) is 18.2 Å². The van der Waals surface area contributed by atoms with Crippen LogP contribution >= 0.6 is 11.6 Å². The van der Waals surface area contributed by atoms with E-state index in [4.69, 9.17) is 17.3 Å². The molecular weight excluding hydrogens is 248 g/mol. The zero-order valence-corrected chi connectivity index (χ0v) is 10.4. The highest BCUT2D eigenvalue weighted by molar-refractivity contribution is 6.30. The van der Waals surface area contributed by atoms with Crippen molar-refractivity contribution in [1.29, 1.82) is 0 Å². The van der Waals surface area contributed by atoms with Crippen molar-refractivity contribution < 1.29 is 4.79 Å². The first-order valence-corrected chi connectivity index (χ1v) is 5.91. The number of carbonyl (C=O) groups excluding carboxylic acids is 1. The fraction of sp³-hybridized carbons (Fsp3) is 0.0714. The first-order chi connectivity index (χ1) is 8.66. The number of benzene rings is 2. The van der Waals surface area contributed by atoms with Gasteiger partial charge in [-0.05, 0) is 29.8 Å². The number of hydrogen-bond donors (Lipinski definition) is 2. The number of anilines is 1. The third kappa shape index (κ3) is 3.02. The van der Waals surface area contributed by atoms with Crippen LogP contribution in [0.3, 0.4) is 0 Å². The van der Waals surface area contributed by atoms with Gasteiger partial charge in [-0.3, -0.25) is 4.79 Å². The van der Waals surface area contributed by atoms with Crippen molar-refractivity contribution in [2.45, 2.75) is 6.04 Å². The molecule has 92 valence electrons. The van der Waals surface area contributed by atoms with Crippen LogP contribution in [0.5, 0.6) is 0 Å². The Morgan fingerprint density at radius 3 is 2.44 bits per heavy atom. The highest BCUT2D eigenvalue weighted by atomic mass is 35.5. The van der Waals surface area contributed by atoms with Gasteiger partial charge in [-0.2, -0.15) is 0 Å². The Kier molecular flexibility index (Phi) is 3.85. The summed E-state index contributed by atoms with van der Waals surface area (Å²) < 4.78 is 0. The lowest BCUT2D eigenvalue weighted by Crippen LogP contribution is -2.27. The summed E-state index contributed by atoms with van der Waals surface area (Å²) in [5.41, 5.74) is 7.01. The summed E-state index contributed by atoms with van der Waals surface area (Å²) in [6.45, 7) is 0. The number of primary amides is 1. The zero-order chi connectivity index (χ0) is 13.0. The molecule has 4 heteroatoms. The maximum Gasteiger partial charge on any atom is 0.244 e. The first-order valence-electron chi connectivity index (χ1n) is 5.53. The third-order valence-corrected chi connectivity index (χ3v) is 2.79. The predicted molar refractivity (Wildman–Crippen MR) is 73.5 cm³/mol. The minimum absolute atomic E-state index is 0.443. The summed E-state index contributed by atoms with van der Waals surface area (Å²) in [4.78, 5) is 11.5. The molecule has 0 aliphatic rings. The van der Waals surface area contributed by atoms with Crippen LogP contribution in [0, 0.1) is 0 Å². The molecule has 3 N–H and O–H groups in total. The quantitative estimate of drug-likeness (QED) is 0.888. The van der Waals surface area contributed by atoms with Gasteiger partial charge in [-0.25, -0.2) is 0 Å². The van der Waals surface area contributed by atoms with Crippen LogP contribution in [0.25, 0.3) is 0 Å². The number of nitrogens with one attached hydrogen (secondary N) is 1. The molecule has 18 heavy (non-hydrogen) atoms. The molecule has 1 atom stereocenters. The van der Waals surface area contributed by atoms with E-state index >= 15 is 0 Å². The molecule has 1 unspecified atom stereocenters. The molecule has 0 aromatic heterocycles. The number of hydrogen-bond acceptors (Lipinski definition) is 2. The average Bonchev–Trinajstić information content (AvgIpc) is 2.37. The van der Waals surface area contributed by atoms with Gasteiger partial charge in [0.2, 0.25) is 5.91 Å². The van der Waals surface area contributed by atoms with Crippen LogP contribution < -0.4 is 11.1 Å². The number of carbonyl (C=O) groups is 1. The lowest BCUT2D eigenvalue weighted by molar-refractivity contribution is -0.118. The lowest BCUT2D eigenvalue weighted by Gasteiger charge is -2.17.